The van der Waals surface area contributed by atoms with Gasteiger partial charge in [0.25, 0.3) is 5.92 Å². The number of fused-ring (bicyclic) bond motifs is 1. The normalized spacial score (nSPS) is 24.8. The highest BCUT2D eigenvalue weighted by atomic mass is 32.2. The highest BCUT2D eigenvalue weighted by Crippen LogP contribution is 2.51. The van der Waals surface area contributed by atoms with Crippen molar-refractivity contribution >= 4 is 31.6 Å². The van der Waals surface area contributed by atoms with E-state index < -0.39 is 31.9 Å². The molecule has 1 saturated carbocycles. The number of sulfone groups is 1. The number of hydrogen-bond acceptors (Lipinski definition) is 6. The first-order chi connectivity index (χ1) is 15.9. The largest absolute Gasteiger partial charge is 0.327 e. The highest BCUT2D eigenvalue weighted by Gasteiger charge is 2.59. The molecule has 2 aliphatic heterocycles. The first-order valence-electron chi connectivity index (χ1n) is 11.1. The molecule has 3 heterocycles. The topological polar surface area (TPSA) is 90.9 Å². The van der Waals surface area contributed by atoms with E-state index in [1.54, 1.807) is 12.1 Å². The predicted octanol–water partition coefficient (Wildman–Crippen LogP) is 2.44. The monoisotopic (exact) mass is 512 g/mol. The van der Waals surface area contributed by atoms with Gasteiger partial charge in [-0.3, -0.25) is 4.90 Å². The molecule has 0 bridgehead atoms. The Kier molecular flexibility index (Phi) is 5.41. The van der Waals surface area contributed by atoms with Gasteiger partial charge < -0.3 is 0 Å². The fourth-order valence-electron chi connectivity index (χ4n) is 4.47. The van der Waals surface area contributed by atoms with Crippen molar-refractivity contribution in [2.24, 2.45) is 5.92 Å². The molecule has 12 heteroatoms. The van der Waals surface area contributed by atoms with Gasteiger partial charge in [-0.15, -0.1) is 0 Å². The van der Waals surface area contributed by atoms with Crippen LogP contribution in [0.2, 0.25) is 0 Å². The van der Waals surface area contributed by atoms with E-state index in [4.69, 9.17) is 0 Å². The second-order valence-corrected chi connectivity index (χ2v) is 13.5. The minimum Gasteiger partial charge on any atom is -0.297 e. The van der Waals surface area contributed by atoms with Crippen molar-refractivity contribution in [1.82, 2.24) is 9.88 Å². The zero-order valence-corrected chi connectivity index (χ0v) is 20.5. The fraction of sp³-hybridized carbons (Fsp3) is 0.500. The van der Waals surface area contributed by atoms with Crippen LogP contribution < -0.4 is 8.61 Å². The minimum absolute atomic E-state index is 0.155. The number of rotatable bonds is 5. The number of benzene rings is 1. The van der Waals surface area contributed by atoms with Crippen molar-refractivity contribution < 1.29 is 25.6 Å². The van der Waals surface area contributed by atoms with Gasteiger partial charge >= 0.3 is 10.2 Å². The molecule has 1 aromatic carbocycles. The summed E-state index contributed by atoms with van der Waals surface area (Å²) in [5, 5.41) is 0. The number of aryl methyl sites for hydroxylation is 1. The summed E-state index contributed by atoms with van der Waals surface area (Å²) in [7, 11) is -5.53. The minimum atomic E-state index is -3.96. The fourth-order valence-corrected chi connectivity index (χ4v) is 7.15. The Labute approximate surface area is 198 Å². The van der Waals surface area contributed by atoms with E-state index in [9.17, 15) is 25.6 Å². The third-order valence-corrected chi connectivity index (χ3v) is 10.2. The van der Waals surface area contributed by atoms with E-state index in [0.717, 1.165) is 25.3 Å². The lowest BCUT2D eigenvalue weighted by molar-refractivity contribution is 0.101. The first-order valence-corrected chi connectivity index (χ1v) is 14.3. The van der Waals surface area contributed by atoms with Crippen LogP contribution in [0.1, 0.15) is 17.5 Å². The summed E-state index contributed by atoms with van der Waals surface area (Å²) >= 11 is 0. The molecule has 0 amide bonds. The molecule has 34 heavy (non-hydrogen) atoms. The van der Waals surface area contributed by atoms with Crippen LogP contribution in [0.25, 0.3) is 11.3 Å². The Hall–Kier alpha value is -2.31. The Morgan fingerprint density at radius 3 is 2.41 bits per heavy atom. The van der Waals surface area contributed by atoms with Crippen molar-refractivity contribution in [2.75, 3.05) is 46.8 Å². The van der Waals surface area contributed by atoms with E-state index in [1.807, 2.05) is 25.1 Å². The van der Waals surface area contributed by atoms with Crippen LogP contribution in [-0.4, -0.2) is 70.8 Å². The van der Waals surface area contributed by atoms with Crippen molar-refractivity contribution in [3.8, 4) is 11.3 Å². The van der Waals surface area contributed by atoms with Crippen LogP contribution >= 0.6 is 0 Å². The lowest BCUT2D eigenvalue weighted by atomic mass is 10.0. The van der Waals surface area contributed by atoms with Crippen LogP contribution in [0.4, 0.5) is 20.3 Å². The van der Waals surface area contributed by atoms with Crippen LogP contribution in [0.15, 0.2) is 30.3 Å². The highest BCUT2D eigenvalue weighted by molar-refractivity contribution is 7.94. The van der Waals surface area contributed by atoms with Gasteiger partial charge in [0.1, 0.15) is 0 Å². The van der Waals surface area contributed by atoms with E-state index in [1.165, 1.54) is 7.05 Å². The molecule has 8 nitrogen and oxygen atoms in total. The molecule has 0 spiro atoms. The van der Waals surface area contributed by atoms with E-state index >= 15 is 0 Å². The number of nitrogens with zero attached hydrogens (tertiary/aromatic N) is 4. The van der Waals surface area contributed by atoms with Crippen LogP contribution in [0, 0.1) is 12.8 Å². The summed E-state index contributed by atoms with van der Waals surface area (Å²) in [6.07, 6.45) is -0.307. The van der Waals surface area contributed by atoms with E-state index in [-0.39, 0.29) is 30.3 Å². The zero-order valence-electron chi connectivity index (χ0n) is 18.9. The number of halogens is 2. The van der Waals surface area contributed by atoms with Crippen LogP contribution in [-0.2, 0) is 26.6 Å². The number of anilines is 2. The van der Waals surface area contributed by atoms with Crippen LogP contribution in [0.3, 0.4) is 0 Å². The summed E-state index contributed by atoms with van der Waals surface area (Å²) in [6, 6.07) is 9.27. The summed E-state index contributed by atoms with van der Waals surface area (Å²) in [5.41, 5.74) is 3.68. The maximum Gasteiger partial charge on any atom is 0.327 e. The maximum atomic E-state index is 13.5. The van der Waals surface area contributed by atoms with Crippen molar-refractivity contribution in [3.05, 3.63) is 41.5 Å². The first kappa shape index (κ1) is 23.4. The summed E-state index contributed by atoms with van der Waals surface area (Å²) in [5.74, 6) is -3.28. The third-order valence-electron chi connectivity index (χ3n) is 6.81. The Balaban J connectivity index is 1.42. The molecule has 1 aromatic heterocycles. The second kappa shape index (κ2) is 7.85. The lowest BCUT2D eigenvalue weighted by Crippen LogP contribution is -2.39. The summed E-state index contributed by atoms with van der Waals surface area (Å²) < 4.78 is 78.1. The van der Waals surface area contributed by atoms with Crippen molar-refractivity contribution in [3.63, 3.8) is 0 Å². The van der Waals surface area contributed by atoms with Crippen LogP contribution in [0.5, 0.6) is 0 Å². The number of alkyl halides is 2. The smallest absolute Gasteiger partial charge is 0.297 e. The van der Waals surface area contributed by atoms with E-state index in [0.29, 0.717) is 31.0 Å². The molecular weight excluding hydrogens is 486 g/mol. The summed E-state index contributed by atoms with van der Waals surface area (Å²) in [6.45, 7) is 3.24. The quantitative estimate of drug-likeness (QED) is 0.611. The second-order valence-electron chi connectivity index (χ2n) is 9.28. The molecule has 1 saturated heterocycles. The van der Waals surface area contributed by atoms with Gasteiger partial charge in [-0.05, 0) is 36.2 Å². The molecular formula is C22H26F2N4O4S2. The number of pyridine rings is 1. The van der Waals surface area contributed by atoms with Gasteiger partial charge in [0.2, 0.25) is 0 Å². The zero-order chi connectivity index (χ0) is 24.5. The van der Waals surface area contributed by atoms with Crippen molar-refractivity contribution in [1.29, 1.82) is 0 Å². The number of hydrogen-bond donors (Lipinski definition) is 0. The molecule has 5 rings (SSSR count). The molecule has 0 radical (unpaired) electrons. The average molecular weight is 513 g/mol. The van der Waals surface area contributed by atoms with Gasteiger partial charge in [0, 0.05) is 51.1 Å². The Bertz CT molecular complexity index is 1350. The predicted molar refractivity (Wildman–Crippen MR) is 126 cm³/mol. The van der Waals surface area contributed by atoms with Gasteiger partial charge in [-0.2, -0.15) is 8.42 Å². The molecule has 1 unspecified atom stereocenters. The van der Waals surface area contributed by atoms with Gasteiger partial charge in [-0.25, -0.2) is 30.8 Å². The average Bonchev–Trinajstić information content (AvgIpc) is 3.34. The molecule has 1 atom stereocenters. The Morgan fingerprint density at radius 2 is 1.76 bits per heavy atom. The van der Waals surface area contributed by atoms with E-state index in [2.05, 4.69) is 9.88 Å². The number of aromatic nitrogens is 1. The third kappa shape index (κ3) is 4.16. The summed E-state index contributed by atoms with van der Waals surface area (Å²) in [4.78, 5) is 6.70. The SMILES string of the molecule is Cc1ccc(CN2CCS(=O)(=O)CC2)cc1-c1ccc2c(n1)N(C)S(=O)(=O)N2CC1CC1(F)F. The lowest BCUT2D eigenvalue weighted by Gasteiger charge is -2.26. The molecule has 0 N–H and O–H groups in total. The van der Waals surface area contributed by atoms with Gasteiger partial charge in [0.05, 0.1) is 22.9 Å². The standard InChI is InChI=1S/C22H26F2N4O4S2/c1-15-3-4-16(13-27-7-9-33(29,30)10-8-27)11-18(15)19-5-6-20-21(25-19)26(2)34(31,32)28(20)14-17-12-22(17,23)24/h3-6,11,17H,7-10,12-14H2,1-2H3. The van der Waals surface area contributed by atoms with Gasteiger partial charge in [0.15, 0.2) is 15.7 Å². The molecule has 3 aliphatic rings. The maximum absolute atomic E-state index is 13.5. The Morgan fingerprint density at radius 1 is 1.09 bits per heavy atom. The molecule has 2 aromatic rings. The molecule has 184 valence electrons. The van der Waals surface area contributed by atoms with Gasteiger partial charge in [-0.1, -0.05) is 12.1 Å². The molecule has 1 aliphatic carbocycles. The van der Waals surface area contributed by atoms with Crippen molar-refractivity contribution in [2.45, 2.75) is 25.8 Å². The molecule has 2 fully saturated rings.